The van der Waals surface area contributed by atoms with Crippen LogP contribution in [-0.2, 0) is 12.0 Å². The van der Waals surface area contributed by atoms with Gasteiger partial charge in [-0.05, 0) is 26.7 Å². The summed E-state index contributed by atoms with van der Waals surface area (Å²) in [4.78, 5) is 25.3. The first-order chi connectivity index (χ1) is 7.35. The van der Waals surface area contributed by atoms with E-state index in [1.165, 1.54) is 4.57 Å². The Bertz CT molecular complexity index is 497. The lowest BCUT2D eigenvalue weighted by atomic mass is 10.0. The molecule has 16 heavy (non-hydrogen) atoms. The van der Waals surface area contributed by atoms with Crippen molar-refractivity contribution in [1.29, 1.82) is 0 Å². The molecule has 1 rings (SSSR count). The summed E-state index contributed by atoms with van der Waals surface area (Å²) in [5.41, 5.74) is -1.34. The fraction of sp³-hybridized carbons (Fsp3) is 0.636. The highest BCUT2D eigenvalue weighted by Gasteiger charge is 2.24. The number of aromatic amines is 1. The average Bonchev–Trinajstić information content (AvgIpc) is 2.17. The lowest BCUT2D eigenvalue weighted by molar-refractivity contribution is 0.272. The largest absolute Gasteiger partial charge is 0.494 e. The van der Waals surface area contributed by atoms with Crippen molar-refractivity contribution >= 4 is 0 Å². The molecule has 0 unspecified atom stereocenters. The molecule has 0 saturated carbocycles. The molecule has 0 atom stereocenters. The van der Waals surface area contributed by atoms with E-state index in [0.717, 1.165) is 0 Å². The highest BCUT2D eigenvalue weighted by atomic mass is 16.3. The Balaban J connectivity index is 3.65. The maximum absolute atomic E-state index is 11.7. The van der Waals surface area contributed by atoms with Gasteiger partial charge in [0.1, 0.15) is 0 Å². The van der Waals surface area contributed by atoms with E-state index >= 15 is 0 Å². The predicted molar refractivity (Wildman–Crippen MR) is 62.0 cm³/mol. The summed E-state index contributed by atoms with van der Waals surface area (Å²) < 4.78 is 1.24. The van der Waals surface area contributed by atoms with Crippen LogP contribution in [0.25, 0.3) is 0 Å². The van der Waals surface area contributed by atoms with Crippen LogP contribution in [0.15, 0.2) is 9.59 Å². The fourth-order valence-corrected chi connectivity index (χ4v) is 1.60. The molecule has 1 aromatic heterocycles. The molecule has 0 aliphatic rings. The molecular formula is C11H18N2O3. The molecule has 1 aromatic rings. The third kappa shape index (κ3) is 1.89. The van der Waals surface area contributed by atoms with Crippen LogP contribution in [0.1, 0.15) is 39.7 Å². The second-order valence-electron chi connectivity index (χ2n) is 4.42. The van der Waals surface area contributed by atoms with Gasteiger partial charge in [-0.1, -0.05) is 13.8 Å². The summed E-state index contributed by atoms with van der Waals surface area (Å²) in [6.07, 6.45) is 1.07. The quantitative estimate of drug-likeness (QED) is 0.805. The van der Waals surface area contributed by atoms with Crippen LogP contribution in [0.5, 0.6) is 5.88 Å². The average molecular weight is 226 g/mol. The summed E-state index contributed by atoms with van der Waals surface area (Å²) in [6, 6.07) is 0. The number of rotatable bonds is 3. The molecule has 2 N–H and O–H groups in total. The van der Waals surface area contributed by atoms with Gasteiger partial charge in [-0.2, -0.15) is 0 Å². The lowest BCUT2D eigenvalue weighted by Crippen LogP contribution is -2.41. The Morgan fingerprint density at radius 1 is 1.31 bits per heavy atom. The van der Waals surface area contributed by atoms with Crippen molar-refractivity contribution < 1.29 is 5.11 Å². The molecule has 0 radical (unpaired) electrons. The highest BCUT2D eigenvalue weighted by Crippen LogP contribution is 2.23. The Labute approximate surface area is 93.8 Å². The zero-order chi connectivity index (χ0) is 12.5. The van der Waals surface area contributed by atoms with Crippen LogP contribution < -0.4 is 11.2 Å². The molecule has 90 valence electrons. The highest BCUT2D eigenvalue weighted by molar-refractivity contribution is 5.23. The van der Waals surface area contributed by atoms with Gasteiger partial charge in [-0.15, -0.1) is 0 Å². The van der Waals surface area contributed by atoms with Crippen molar-refractivity contribution in [2.45, 2.75) is 46.1 Å². The summed E-state index contributed by atoms with van der Waals surface area (Å²) in [6.45, 7) is 7.36. The van der Waals surface area contributed by atoms with Gasteiger partial charge in [-0.25, -0.2) is 4.79 Å². The first-order valence-electron chi connectivity index (χ1n) is 5.42. The Morgan fingerprint density at radius 3 is 2.31 bits per heavy atom. The van der Waals surface area contributed by atoms with Crippen LogP contribution >= 0.6 is 0 Å². The Hall–Kier alpha value is -1.52. The zero-order valence-corrected chi connectivity index (χ0v) is 10.1. The monoisotopic (exact) mass is 226 g/mol. The van der Waals surface area contributed by atoms with E-state index in [9.17, 15) is 14.7 Å². The van der Waals surface area contributed by atoms with Gasteiger partial charge in [0.05, 0.1) is 5.56 Å². The minimum atomic E-state index is -0.563. The molecule has 5 heteroatoms. The van der Waals surface area contributed by atoms with E-state index in [1.54, 1.807) is 6.92 Å². The smallest absolute Gasteiger partial charge is 0.331 e. The van der Waals surface area contributed by atoms with Gasteiger partial charge in [0.2, 0.25) is 5.88 Å². The number of nitrogens with one attached hydrogen (secondary N) is 1. The topological polar surface area (TPSA) is 75.1 Å². The van der Waals surface area contributed by atoms with Crippen LogP contribution in [0.3, 0.4) is 0 Å². The van der Waals surface area contributed by atoms with Crippen molar-refractivity contribution in [3.8, 4) is 5.88 Å². The third-order valence-electron chi connectivity index (χ3n) is 3.00. The summed E-state index contributed by atoms with van der Waals surface area (Å²) >= 11 is 0. The third-order valence-corrected chi connectivity index (χ3v) is 3.00. The maximum atomic E-state index is 11.7. The number of hydrogen-bond acceptors (Lipinski definition) is 3. The maximum Gasteiger partial charge on any atom is 0.331 e. The van der Waals surface area contributed by atoms with Crippen molar-refractivity contribution in [3.05, 3.63) is 26.4 Å². The standard InChI is InChI=1S/C11H18N2O3/c1-5-7-8(14)12-10(16)13(9(7)15)11(3,4)6-2/h15H,5-6H2,1-4H3,(H,12,14,16). The molecular weight excluding hydrogens is 208 g/mol. The number of hydrogen-bond donors (Lipinski definition) is 2. The van der Waals surface area contributed by atoms with Crippen molar-refractivity contribution in [3.63, 3.8) is 0 Å². The van der Waals surface area contributed by atoms with E-state index in [-0.39, 0.29) is 11.4 Å². The summed E-state index contributed by atoms with van der Waals surface area (Å²) in [5.74, 6) is -0.219. The second-order valence-corrected chi connectivity index (χ2v) is 4.42. The minimum absolute atomic E-state index is 0.219. The molecule has 0 amide bonds. The van der Waals surface area contributed by atoms with Gasteiger partial charge >= 0.3 is 5.69 Å². The van der Waals surface area contributed by atoms with Crippen LogP contribution in [0.4, 0.5) is 0 Å². The van der Waals surface area contributed by atoms with E-state index < -0.39 is 16.8 Å². The molecule has 1 heterocycles. The molecule has 0 fully saturated rings. The molecule has 0 aliphatic carbocycles. The SMILES string of the molecule is CCc1c(O)n(C(C)(C)CC)c(=O)[nH]c1=O. The first kappa shape index (κ1) is 12.5. The van der Waals surface area contributed by atoms with Crippen molar-refractivity contribution in [2.75, 3.05) is 0 Å². The van der Waals surface area contributed by atoms with E-state index in [2.05, 4.69) is 4.98 Å². The van der Waals surface area contributed by atoms with Gasteiger partial charge in [0.15, 0.2) is 0 Å². The minimum Gasteiger partial charge on any atom is -0.494 e. The Morgan fingerprint density at radius 2 is 1.88 bits per heavy atom. The molecule has 0 spiro atoms. The van der Waals surface area contributed by atoms with Crippen LogP contribution in [-0.4, -0.2) is 14.7 Å². The zero-order valence-electron chi connectivity index (χ0n) is 10.1. The van der Waals surface area contributed by atoms with Gasteiger partial charge in [0.25, 0.3) is 5.56 Å². The van der Waals surface area contributed by atoms with Gasteiger partial charge < -0.3 is 5.11 Å². The first-order valence-corrected chi connectivity index (χ1v) is 5.42. The van der Waals surface area contributed by atoms with Gasteiger partial charge in [-0.3, -0.25) is 14.3 Å². The van der Waals surface area contributed by atoms with Gasteiger partial charge in [0, 0.05) is 5.54 Å². The van der Waals surface area contributed by atoms with E-state index in [0.29, 0.717) is 12.8 Å². The molecule has 5 nitrogen and oxygen atoms in total. The van der Waals surface area contributed by atoms with E-state index in [4.69, 9.17) is 0 Å². The molecule has 0 aliphatic heterocycles. The van der Waals surface area contributed by atoms with Crippen LogP contribution in [0, 0.1) is 0 Å². The molecule has 0 saturated heterocycles. The number of nitrogens with zero attached hydrogens (tertiary/aromatic N) is 1. The fourth-order valence-electron chi connectivity index (χ4n) is 1.60. The number of H-pyrrole nitrogens is 1. The Kier molecular flexibility index (Phi) is 3.26. The number of aromatic hydroxyl groups is 1. The van der Waals surface area contributed by atoms with Crippen LogP contribution in [0.2, 0.25) is 0 Å². The van der Waals surface area contributed by atoms with Crippen molar-refractivity contribution in [2.24, 2.45) is 0 Å². The summed E-state index contributed by atoms with van der Waals surface area (Å²) in [5, 5.41) is 9.96. The summed E-state index contributed by atoms with van der Waals surface area (Å²) in [7, 11) is 0. The molecule has 0 bridgehead atoms. The number of aromatic nitrogens is 2. The second kappa shape index (κ2) is 4.15. The van der Waals surface area contributed by atoms with E-state index in [1.807, 2.05) is 20.8 Å². The lowest BCUT2D eigenvalue weighted by Gasteiger charge is -2.27. The predicted octanol–water partition coefficient (Wildman–Crippen LogP) is 0.950. The normalized spacial score (nSPS) is 11.8. The van der Waals surface area contributed by atoms with Crippen molar-refractivity contribution in [1.82, 2.24) is 9.55 Å². The molecule has 0 aromatic carbocycles.